The summed E-state index contributed by atoms with van der Waals surface area (Å²) in [6.07, 6.45) is 1.64. The zero-order valence-corrected chi connectivity index (χ0v) is 12.2. The number of rotatable bonds is 5. The Balaban J connectivity index is 2.92. The lowest BCUT2D eigenvalue weighted by Crippen LogP contribution is -2.13. The molecule has 0 aliphatic heterocycles. The van der Waals surface area contributed by atoms with Gasteiger partial charge in [0, 0.05) is 11.4 Å². The molecule has 1 aromatic carbocycles. The highest BCUT2D eigenvalue weighted by atomic mass is 79.9. The average molecular weight is 321 g/mol. The van der Waals surface area contributed by atoms with Gasteiger partial charge in [0.1, 0.15) is 0 Å². The summed E-state index contributed by atoms with van der Waals surface area (Å²) in [4.78, 5) is 10.4. The van der Waals surface area contributed by atoms with Crippen LogP contribution in [0.15, 0.2) is 22.7 Å². The zero-order chi connectivity index (χ0) is 13.0. The van der Waals surface area contributed by atoms with Crippen LogP contribution in [0.5, 0.6) is 0 Å². The standard InChI is InChI=1S/C12H15BrClNO2/c1-3-10(14)8(2)7-9-5-4-6-11(12(9)13)15(16)17/h4-6,8,10H,3,7H2,1-2H3. The van der Waals surface area contributed by atoms with Crippen LogP contribution < -0.4 is 0 Å². The summed E-state index contributed by atoms with van der Waals surface area (Å²) < 4.78 is 0.566. The maximum absolute atomic E-state index is 10.8. The topological polar surface area (TPSA) is 43.1 Å². The van der Waals surface area contributed by atoms with Crippen molar-refractivity contribution in [3.8, 4) is 0 Å². The van der Waals surface area contributed by atoms with Crippen molar-refractivity contribution in [1.82, 2.24) is 0 Å². The fourth-order valence-electron chi connectivity index (χ4n) is 1.74. The van der Waals surface area contributed by atoms with E-state index < -0.39 is 0 Å². The number of benzene rings is 1. The molecular formula is C12H15BrClNO2. The van der Waals surface area contributed by atoms with E-state index in [-0.39, 0.29) is 16.0 Å². The molecule has 3 nitrogen and oxygen atoms in total. The molecule has 0 radical (unpaired) electrons. The van der Waals surface area contributed by atoms with E-state index >= 15 is 0 Å². The Kier molecular flexibility index (Phi) is 5.40. The van der Waals surface area contributed by atoms with Crippen LogP contribution >= 0.6 is 27.5 Å². The second-order valence-electron chi connectivity index (χ2n) is 4.11. The number of nitrogens with zero attached hydrogens (tertiary/aromatic N) is 1. The van der Waals surface area contributed by atoms with E-state index in [0.717, 1.165) is 18.4 Å². The van der Waals surface area contributed by atoms with Crippen molar-refractivity contribution in [2.24, 2.45) is 5.92 Å². The number of halogens is 2. The molecule has 0 aliphatic carbocycles. The molecule has 2 atom stereocenters. The van der Waals surface area contributed by atoms with Crippen molar-refractivity contribution >= 4 is 33.2 Å². The van der Waals surface area contributed by atoms with Crippen molar-refractivity contribution in [3.05, 3.63) is 38.3 Å². The first-order chi connectivity index (χ1) is 7.97. The molecule has 0 saturated heterocycles. The Labute approximate surface area is 114 Å². The summed E-state index contributed by atoms with van der Waals surface area (Å²) >= 11 is 9.47. The Morgan fingerprint density at radius 3 is 2.71 bits per heavy atom. The molecule has 0 saturated carbocycles. The molecule has 1 aromatic rings. The number of alkyl halides is 1. The van der Waals surface area contributed by atoms with E-state index in [2.05, 4.69) is 22.9 Å². The van der Waals surface area contributed by atoms with Gasteiger partial charge in [0.05, 0.1) is 9.40 Å². The van der Waals surface area contributed by atoms with Gasteiger partial charge in [0.2, 0.25) is 0 Å². The van der Waals surface area contributed by atoms with Gasteiger partial charge in [-0.25, -0.2) is 0 Å². The van der Waals surface area contributed by atoms with Gasteiger partial charge in [-0.2, -0.15) is 0 Å². The summed E-state index contributed by atoms with van der Waals surface area (Å²) in [6, 6.07) is 5.10. The van der Waals surface area contributed by atoms with Crippen LogP contribution in [0.25, 0.3) is 0 Å². The van der Waals surface area contributed by atoms with Crippen molar-refractivity contribution in [3.63, 3.8) is 0 Å². The predicted octanol–water partition coefficient (Wildman–Crippen LogP) is 4.55. The minimum Gasteiger partial charge on any atom is -0.258 e. The van der Waals surface area contributed by atoms with Gasteiger partial charge in [-0.3, -0.25) is 10.1 Å². The van der Waals surface area contributed by atoms with Gasteiger partial charge in [-0.1, -0.05) is 26.0 Å². The molecule has 17 heavy (non-hydrogen) atoms. The first-order valence-electron chi connectivity index (χ1n) is 5.53. The summed E-state index contributed by atoms with van der Waals surface area (Å²) in [5.41, 5.74) is 1.04. The van der Waals surface area contributed by atoms with Gasteiger partial charge >= 0.3 is 0 Å². The van der Waals surface area contributed by atoms with Crippen LogP contribution in [-0.2, 0) is 6.42 Å². The third-order valence-electron chi connectivity index (χ3n) is 2.80. The largest absolute Gasteiger partial charge is 0.283 e. The van der Waals surface area contributed by atoms with Crippen LogP contribution in [0, 0.1) is 16.0 Å². The quantitative estimate of drug-likeness (QED) is 0.453. The van der Waals surface area contributed by atoms with E-state index in [1.54, 1.807) is 6.07 Å². The van der Waals surface area contributed by atoms with Gasteiger partial charge in [0.25, 0.3) is 5.69 Å². The highest BCUT2D eigenvalue weighted by molar-refractivity contribution is 9.10. The van der Waals surface area contributed by atoms with Gasteiger partial charge in [-0.05, 0) is 40.3 Å². The van der Waals surface area contributed by atoms with Gasteiger partial charge < -0.3 is 0 Å². The van der Waals surface area contributed by atoms with Gasteiger partial charge in [-0.15, -0.1) is 11.6 Å². The van der Waals surface area contributed by atoms with E-state index in [1.165, 1.54) is 6.07 Å². The molecule has 0 bridgehead atoms. The zero-order valence-electron chi connectivity index (χ0n) is 9.82. The SMILES string of the molecule is CCC(Cl)C(C)Cc1cccc([N+](=O)[O-])c1Br. The first-order valence-corrected chi connectivity index (χ1v) is 6.76. The Bertz CT molecular complexity index is 411. The third-order valence-corrected chi connectivity index (χ3v) is 4.46. The minimum atomic E-state index is -0.379. The van der Waals surface area contributed by atoms with Crippen LogP contribution in [0.1, 0.15) is 25.8 Å². The number of nitro groups is 1. The van der Waals surface area contributed by atoms with E-state index in [4.69, 9.17) is 11.6 Å². The molecule has 0 aliphatic rings. The Morgan fingerprint density at radius 2 is 2.18 bits per heavy atom. The highest BCUT2D eigenvalue weighted by Gasteiger charge is 2.19. The first kappa shape index (κ1) is 14.5. The second-order valence-corrected chi connectivity index (χ2v) is 5.47. The predicted molar refractivity (Wildman–Crippen MR) is 73.6 cm³/mol. The molecule has 0 amide bonds. The molecule has 0 N–H and O–H groups in total. The van der Waals surface area contributed by atoms with Crippen molar-refractivity contribution < 1.29 is 4.92 Å². The lowest BCUT2D eigenvalue weighted by atomic mass is 9.96. The van der Waals surface area contributed by atoms with Gasteiger partial charge in [0.15, 0.2) is 0 Å². The molecule has 0 spiro atoms. The minimum absolute atomic E-state index is 0.0983. The fraction of sp³-hybridized carbons (Fsp3) is 0.500. The lowest BCUT2D eigenvalue weighted by Gasteiger charge is -2.16. The summed E-state index contributed by atoms with van der Waals surface area (Å²) in [5.74, 6) is 0.292. The van der Waals surface area contributed by atoms with Crippen LogP contribution in [0.2, 0.25) is 0 Å². The molecular weight excluding hydrogens is 305 g/mol. The van der Waals surface area contributed by atoms with E-state index in [1.807, 2.05) is 13.0 Å². The van der Waals surface area contributed by atoms with E-state index in [9.17, 15) is 10.1 Å². The highest BCUT2D eigenvalue weighted by Crippen LogP contribution is 2.31. The Morgan fingerprint density at radius 1 is 1.53 bits per heavy atom. The molecule has 1 rings (SSSR count). The smallest absolute Gasteiger partial charge is 0.258 e. The van der Waals surface area contributed by atoms with E-state index in [0.29, 0.717) is 10.4 Å². The van der Waals surface area contributed by atoms with Crippen molar-refractivity contribution in [1.29, 1.82) is 0 Å². The molecule has 0 heterocycles. The summed E-state index contributed by atoms with van der Waals surface area (Å²) in [6.45, 7) is 4.10. The summed E-state index contributed by atoms with van der Waals surface area (Å²) in [5, 5.41) is 10.9. The second kappa shape index (κ2) is 6.36. The molecule has 0 fully saturated rings. The lowest BCUT2D eigenvalue weighted by molar-refractivity contribution is -0.385. The number of hydrogen-bond acceptors (Lipinski definition) is 2. The third kappa shape index (κ3) is 3.68. The normalized spacial score (nSPS) is 14.4. The molecule has 94 valence electrons. The van der Waals surface area contributed by atoms with Crippen molar-refractivity contribution in [2.45, 2.75) is 32.1 Å². The van der Waals surface area contributed by atoms with Crippen LogP contribution in [-0.4, -0.2) is 10.3 Å². The maximum atomic E-state index is 10.8. The van der Waals surface area contributed by atoms with Crippen LogP contribution in [0.3, 0.4) is 0 Å². The molecule has 0 aromatic heterocycles. The Hall–Kier alpha value is -0.610. The molecule has 2 unspecified atom stereocenters. The van der Waals surface area contributed by atoms with Crippen molar-refractivity contribution in [2.75, 3.05) is 0 Å². The summed E-state index contributed by atoms with van der Waals surface area (Å²) in [7, 11) is 0. The average Bonchev–Trinajstić information content (AvgIpc) is 2.30. The number of nitro benzene ring substituents is 1. The van der Waals surface area contributed by atoms with Crippen LogP contribution in [0.4, 0.5) is 5.69 Å². The monoisotopic (exact) mass is 319 g/mol. The number of hydrogen-bond donors (Lipinski definition) is 0. The maximum Gasteiger partial charge on any atom is 0.283 e. The molecule has 5 heteroatoms. The fourth-order valence-corrected chi connectivity index (χ4v) is 2.40.